The summed E-state index contributed by atoms with van der Waals surface area (Å²) >= 11 is 0. The molecule has 4 nitrogen and oxygen atoms in total. The zero-order valence-electron chi connectivity index (χ0n) is 14.6. The van der Waals surface area contributed by atoms with Crippen molar-refractivity contribution in [3.63, 3.8) is 0 Å². The summed E-state index contributed by atoms with van der Waals surface area (Å²) in [6.45, 7) is 0.779. The van der Waals surface area contributed by atoms with Gasteiger partial charge in [-0.3, -0.25) is 4.79 Å². The van der Waals surface area contributed by atoms with Crippen LogP contribution >= 0.6 is 0 Å². The highest BCUT2D eigenvalue weighted by Gasteiger charge is 2.30. The van der Waals surface area contributed by atoms with E-state index in [2.05, 4.69) is 0 Å². The van der Waals surface area contributed by atoms with Crippen molar-refractivity contribution in [1.82, 2.24) is 4.90 Å². The number of methoxy groups -OCH3 is 1. The van der Waals surface area contributed by atoms with E-state index in [1.165, 1.54) is 0 Å². The molecule has 132 valence electrons. The minimum Gasteiger partial charge on any atom is -0.497 e. The van der Waals surface area contributed by atoms with Crippen LogP contribution in [0.5, 0.6) is 5.75 Å². The zero-order chi connectivity index (χ0) is 17.6. The van der Waals surface area contributed by atoms with Crippen molar-refractivity contribution in [3.8, 4) is 5.75 Å². The zero-order valence-corrected chi connectivity index (χ0v) is 14.6. The van der Waals surface area contributed by atoms with E-state index in [4.69, 9.17) is 4.74 Å². The first-order valence-corrected chi connectivity index (χ1v) is 8.83. The van der Waals surface area contributed by atoms with E-state index >= 15 is 0 Å². The Labute approximate surface area is 149 Å². The maximum absolute atomic E-state index is 12.7. The first kappa shape index (κ1) is 17.5. The SMILES string of the molecule is COc1ccc(CC(=O)N2CCC[C@H]2C[C@H](O)c2ccccc2)cc1. The van der Waals surface area contributed by atoms with Crippen molar-refractivity contribution < 1.29 is 14.6 Å². The van der Waals surface area contributed by atoms with Crippen molar-refractivity contribution >= 4 is 5.91 Å². The van der Waals surface area contributed by atoms with E-state index < -0.39 is 6.10 Å². The fraction of sp³-hybridized carbons (Fsp3) is 0.381. The summed E-state index contributed by atoms with van der Waals surface area (Å²) in [7, 11) is 1.63. The molecule has 0 aliphatic carbocycles. The van der Waals surface area contributed by atoms with Crippen molar-refractivity contribution in [3.05, 3.63) is 65.7 Å². The Morgan fingerprint density at radius 3 is 2.60 bits per heavy atom. The van der Waals surface area contributed by atoms with Gasteiger partial charge in [0, 0.05) is 12.6 Å². The van der Waals surface area contributed by atoms with Gasteiger partial charge in [-0.05, 0) is 42.5 Å². The lowest BCUT2D eigenvalue weighted by Crippen LogP contribution is -2.37. The van der Waals surface area contributed by atoms with Crippen LogP contribution in [0.4, 0.5) is 0 Å². The van der Waals surface area contributed by atoms with Crippen molar-refractivity contribution in [1.29, 1.82) is 0 Å². The molecule has 1 amide bonds. The summed E-state index contributed by atoms with van der Waals surface area (Å²) in [4.78, 5) is 14.7. The molecule has 1 N–H and O–H groups in total. The maximum atomic E-state index is 12.7. The van der Waals surface area contributed by atoms with Crippen LogP contribution in [0, 0.1) is 0 Å². The van der Waals surface area contributed by atoms with Gasteiger partial charge in [0.25, 0.3) is 0 Å². The van der Waals surface area contributed by atoms with Gasteiger partial charge in [-0.1, -0.05) is 42.5 Å². The number of hydrogen-bond acceptors (Lipinski definition) is 3. The van der Waals surface area contributed by atoms with Crippen LogP contribution in [0.15, 0.2) is 54.6 Å². The molecule has 0 radical (unpaired) electrons. The second-order valence-corrected chi connectivity index (χ2v) is 6.57. The number of amides is 1. The van der Waals surface area contributed by atoms with Gasteiger partial charge in [-0.15, -0.1) is 0 Å². The Bertz CT molecular complexity index is 684. The highest BCUT2D eigenvalue weighted by atomic mass is 16.5. The number of nitrogens with zero attached hydrogens (tertiary/aromatic N) is 1. The molecule has 1 saturated heterocycles. The maximum Gasteiger partial charge on any atom is 0.227 e. The average molecular weight is 339 g/mol. The fourth-order valence-electron chi connectivity index (χ4n) is 3.50. The van der Waals surface area contributed by atoms with Gasteiger partial charge in [0.15, 0.2) is 0 Å². The highest BCUT2D eigenvalue weighted by molar-refractivity contribution is 5.79. The third-order valence-corrected chi connectivity index (χ3v) is 4.89. The van der Waals surface area contributed by atoms with Crippen LogP contribution in [-0.4, -0.2) is 35.6 Å². The van der Waals surface area contributed by atoms with Crippen molar-refractivity contribution in [2.75, 3.05) is 13.7 Å². The van der Waals surface area contributed by atoms with E-state index in [1.807, 2.05) is 59.5 Å². The third-order valence-electron chi connectivity index (χ3n) is 4.89. The summed E-state index contributed by atoms with van der Waals surface area (Å²) in [5.74, 6) is 0.925. The molecule has 1 heterocycles. The van der Waals surface area contributed by atoms with E-state index in [0.29, 0.717) is 12.8 Å². The first-order valence-electron chi connectivity index (χ1n) is 8.83. The lowest BCUT2D eigenvalue weighted by Gasteiger charge is -2.27. The van der Waals surface area contributed by atoms with Gasteiger partial charge >= 0.3 is 0 Å². The predicted octanol–water partition coefficient (Wildman–Crippen LogP) is 3.35. The lowest BCUT2D eigenvalue weighted by molar-refractivity contribution is -0.131. The van der Waals surface area contributed by atoms with Crippen LogP contribution in [0.1, 0.15) is 36.5 Å². The first-order chi connectivity index (χ1) is 12.2. The van der Waals surface area contributed by atoms with E-state index in [1.54, 1.807) is 7.11 Å². The number of aliphatic hydroxyl groups is 1. The quantitative estimate of drug-likeness (QED) is 0.878. The molecule has 0 unspecified atom stereocenters. The molecule has 25 heavy (non-hydrogen) atoms. The van der Waals surface area contributed by atoms with E-state index in [-0.39, 0.29) is 11.9 Å². The van der Waals surface area contributed by atoms with Crippen LogP contribution < -0.4 is 4.74 Å². The molecule has 3 rings (SSSR count). The number of likely N-dealkylation sites (tertiary alicyclic amines) is 1. The number of rotatable bonds is 6. The predicted molar refractivity (Wildman–Crippen MR) is 97.5 cm³/mol. The van der Waals surface area contributed by atoms with Crippen molar-refractivity contribution in [2.24, 2.45) is 0 Å². The Morgan fingerprint density at radius 2 is 1.92 bits per heavy atom. The van der Waals surface area contributed by atoms with Crippen LogP contribution in [0.3, 0.4) is 0 Å². The van der Waals surface area contributed by atoms with Crippen LogP contribution in [0.25, 0.3) is 0 Å². The number of ether oxygens (including phenoxy) is 1. The summed E-state index contributed by atoms with van der Waals surface area (Å²) in [5, 5.41) is 10.5. The van der Waals surface area contributed by atoms with Gasteiger partial charge in [-0.2, -0.15) is 0 Å². The molecule has 0 saturated carbocycles. The molecule has 0 bridgehead atoms. The van der Waals surface area contributed by atoms with Crippen molar-refractivity contribution in [2.45, 2.75) is 37.8 Å². The second-order valence-electron chi connectivity index (χ2n) is 6.57. The molecule has 2 aromatic rings. The Morgan fingerprint density at radius 1 is 1.20 bits per heavy atom. The third kappa shape index (κ3) is 4.40. The van der Waals surface area contributed by atoms with E-state index in [0.717, 1.165) is 36.3 Å². The molecule has 2 atom stereocenters. The number of carbonyl (C=O) groups excluding carboxylic acids is 1. The topological polar surface area (TPSA) is 49.8 Å². The molecule has 2 aromatic carbocycles. The highest BCUT2D eigenvalue weighted by Crippen LogP contribution is 2.28. The molecular weight excluding hydrogens is 314 g/mol. The minimum atomic E-state index is -0.527. The molecule has 1 aliphatic heterocycles. The standard InChI is InChI=1S/C21H25NO3/c1-25-19-11-9-16(10-12-19)14-21(24)22-13-5-8-18(22)15-20(23)17-6-3-2-4-7-17/h2-4,6-7,9-12,18,20,23H,5,8,13-15H2,1H3/t18-,20-/m0/s1. The lowest BCUT2D eigenvalue weighted by atomic mass is 10.00. The molecule has 0 aromatic heterocycles. The average Bonchev–Trinajstić information content (AvgIpc) is 3.11. The Balaban J connectivity index is 1.61. The van der Waals surface area contributed by atoms with Crippen LogP contribution in [-0.2, 0) is 11.2 Å². The summed E-state index contributed by atoms with van der Waals surface area (Å²) in [6.07, 6.45) is 2.42. The van der Waals surface area contributed by atoms with Crippen LogP contribution in [0.2, 0.25) is 0 Å². The number of hydrogen-bond donors (Lipinski definition) is 1. The molecule has 1 aliphatic rings. The number of aliphatic hydroxyl groups excluding tert-OH is 1. The molecular formula is C21H25NO3. The molecule has 4 heteroatoms. The smallest absolute Gasteiger partial charge is 0.227 e. The summed E-state index contributed by atoms with van der Waals surface area (Å²) in [6, 6.07) is 17.4. The second kappa shape index (κ2) is 8.17. The Kier molecular flexibility index (Phi) is 5.71. The number of carbonyl (C=O) groups is 1. The monoisotopic (exact) mass is 339 g/mol. The summed E-state index contributed by atoms with van der Waals surface area (Å²) in [5.41, 5.74) is 1.90. The van der Waals surface area contributed by atoms with Gasteiger partial charge in [0.1, 0.15) is 5.75 Å². The number of benzene rings is 2. The largest absolute Gasteiger partial charge is 0.497 e. The van der Waals surface area contributed by atoms with Gasteiger partial charge < -0.3 is 14.7 Å². The summed E-state index contributed by atoms with van der Waals surface area (Å²) < 4.78 is 5.15. The van der Waals surface area contributed by atoms with Gasteiger partial charge in [-0.25, -0.2) is 0 Å². The minimum absolute atomic E-state index is 0.112. The molecule has 1 fully saturated rings. The normalized spacial score (nSPS) is 18.2. The van der Waals surface area contributed by atoms with Gasteiger partial charge in [0.05, 0.1) is 19.6 Å². The fourth-order valence-corrected chi connectivity index (χ4v) is 3.50. The molecule has 0 spiro atoms. The van der Waals surface area contributed by atoms with E-state index in [9.17, 15) is 9.90 Å². The Hall–Kier alpha value is -2.33. The van der Waals surface area contributed by atoms with Gasteiger partial charge in [0.2, 0.25) is 5.91 Å².